The summed E-state index contributed by atoms with van der Waals surface area (Å²) in [5.41, 5.74) is 2.15. The maximum absolute atomic E-state index is 12.6. The van der Waals surface area contributed by atoms with Crippen molar-refractivity contribution in [3.05, 3.63) is 34.9 Å². The quantitative estimate of drug-likeness (QED) is 0.801. The first-order valence-corrected chi connectivity index (χ1v) is 8.73. The highest BCUT2D eigenvalue weighted by Gasteiger charge is 2.41. The number of benzene rings is 1. The number of ether oxygens (including phenoxy) is 1. The number of amides is 2. The molecule has 0 saturated heterocycles. The molecule has 0 atom stereocenters. The second kappa shape index (κ2) is 5.75. The Bertz CT molecular complexity index is 642. The fraction of sp³-hybridized carbons (Fsp3) is 0.579. The molecule has 1 aromatic rings. The van der Waals surface area contributed by atoms with E-state index in [2.05, 4.69) is 0 Å². The molecule has 0 N–H and O–H groups in total. The van der Waals surface area contributed by atoms with Gasteiger partial charge in [0.2, 0.25) is 0 Å². The molecule has 0 bridgehead atoms. The minimum atomic E-state index is -0.118. The van der Waals surface area contributed by atoms with Crippen molar-refractivity contribution in [2.24, 2.45) is 5.92 Å². The van der Waals surface area contributed by atoms with Crippen LogP contribution >= 0.6 is 0 Å². The third-order valence-electron chi connectivity index (χ3n) is 5.35. The SMILES string of the molecule is Cc1ccc2c(c1)C(=O)N(C1CCC(OCC3CC3)CC1)C2=O. The van der Waals surface area contributed by atoms with Gasteiger partial charge in [0.05, 0.1) is 17.2 Å². The summed E-state index contributed by atoms with van der Waals surface area (Å²) in [6.45, 7) is 2.84. The molecule has 0 unspecified atom stereocenters. The second-order valence-electron chi connectivity index (χ2n) is 7.24. The molecule has 0 aromatic heterocycles. The smallest absolute Gasteiger partial charge is 0.261 e. The maximum atomic E-state index is 12.6. The number of carbonyl (C=O) groups is 2. The predicted molar refractivity (Wildman–Crippen MR) is 86.4 cm³/mol. The Morgan fingerprint density at radius 3 is 2.39 bits per heavy atom. The van der Waals surface area contributed by atoms with Gasteiger partial charge in [0, 0.05) is 12.6 Å². The zero-order valence-electron chi connectivity index (χ0n) is 13.6. The Morgan fingerprint density at radius 1 is 1.00 bits per heavy atom. The summed E-state index contributed by atoms with van der Waals surface area (Å²) in [4.78, 5) is 26.7. The van der Waals surface area contributed by atoms with Crippen LogP contribution < -0.4 is 0 Å². The Balaban J connectivity index is 1.41. The fourth-order valence-corrected chi connectivity index (χ4v) is 3.73. The van der Waals surface area contributed by atoms with E-state index in [1.807, 2.05) is 19.1 Å². The standard InChI is InChI=1S/C19H23NO3/c1-12-2-9-16-17(10-12)19(22)20(18(16)21)14-5-7-15(8-6-14)23-11-13-3-4-13/h2,9-10,13-15H,3-8,11H2,1H3. The zero-order valence-corrected chi connectivity index (χ0v) is 13.6. The summed E-state index contributed by atoms with van der Waals surface area (Å²) in [6.07, 6.45) is 6.55. The molecule has 0 radical (unpaired) electrons. The lowest BCUT2D eigenvalue weighted by Crippen LogP contribution is -2.43. The van der Waals surface area contributed by atoms with Crippen molar-refractivity contribution in [3.63, 3.8) is 0 Å². The van der Waals surface area contributed by atoms with E-state index in [4.69, 9.17) is 4.74 Å². The van der Waals surface area contributed by atoms with E-state index < -0.39 is 0 Å². The summed E-state index contributed by atoms with van der Waals surface area (Å²) < 4.78 is 5.96. The molecule has 2 fully saturated rings. The summed E-state index contributed by atoms with van der Waals surface area (Å²) in [7, 11) is 0. The summed E-state index contributed by atoms with van der Waals surface area (Å²) in [5, 5.41) is 0. The fourth-order valence-electron chi connectivity index (χ4n) is 3.73. The lowest BCUT2D eigenvalue weighted by atomic mass is 9.92. The van der Waals surface area contributed by atoms with Crippen LogP contribution in [0.15, 0.2) is 18.2 Å². The molecule has 2 amide bonds. The van der Waals surface area contributed by atoms with Crippen molar-refractivity contribution in [2.45, 2.75) is 57.6 Å². The molecule has 2 aliphatic carbocycles. The summed E-state index contributed by atoms with van der Waals surface area (Å²) in [5.74, 6) is 0.551. The Labute approximate surface area is 136 Å². The number of imide groups is 1. The first-order valence-electron chi connectivity index (χ1n) is 8.73. The molecule has 122 valence electrons. The second-order valence-corrected chi connectivity index (χ2v) is 7.24. The van der Waals surface area contributed by atoms with Gasteiger partial charge in [0.15, 0.2) is 0 Å². The third kappa shape index (κ3) is 2.80. The van der Waals surface area contributed by atoms with Gasteiger partial charge in [0.1, 0.15) is 0 Å². The first kappa shape index (κ1) is 14.9. The molecule has 23 heavy (non-hydrogen) atoms. The van der Waals surface area contributed by atoms with Gasteiger partial charge in [-0.1, -0.05) is 11.6 Å². The minimum Gasteiger partial charge on any atom is -0.378 e. The molecule has 1 aliphatic heterocycles. The number of carbonyl (C=O) groups excluding carboxylic acids is 2. The topological polar surface area (TPSA) is 46.6 Å². The largest absolute Gasteiger partial charge is 0.378 e. The predicted octanol–water partition coefficient (Wildman–Crippen LogP) is 3.33. The number of rotatable bonds is 4. The van der Waals surface area contributed by atoms with Crippen LogP contribution in [0.5, 0.6) is 0 Å². The van der Waals surface area contributed by atoms with E-state index in [0.717, 1.165) is 43.8 Å². The van der Waals surface area contributed by atoms with E-state index in [0.29, 0.717) is 17.2 Å². The van der Waals surface area contributed by atoms with Crippen molar-refractivity contribution in [1.29, 1.82) is 0 Å². The highest BCUT2D eigenvalue weighted by atomic mass is 16.5. The molecular formula is C19H23NO3. The van der Waals surface area contributed by atoms with Crippen LogP contribution in [-0.2, 0) is 4.74 Å². The molecule has 1 aromatic carbocycles. The highest BCUT2D eigenvalue weighted by molar-refractivity contribution is 6.21. The van der Waals surface area contributed by atoms with Crippen molar-refractivity contribution >= 4 is 11.8 Å². The molecule has 4 heteroatoms. The van der Waals surface area contributed by atoms with Crippen LogP contribution in [0.4, 0.5) is 0 Å². The lowest BCUT2D eigenvalue weighted by Gasteiger charge is -2.33. The van der Waals surface area contributed by atoms with Crippen molar-refractivity contribution in [1.82, 2.24) is 4.90 Å². The molecule has 0 spiro atoms. The Kier molecular flexibility index (Phi) is 3.72. The van der Waals surface area contributed by atoms with Crippen LogP contribution in [0.3, 0.4) is 0 Å². The van der Waals surface area contributed by atoms with Crippen LogP contribution in [0.25, 0.3) is 0 Å². The van der Waals surface area contributed by atoms with Crippen LogP contribution in [0.1, 0.15) is 64.8 Å². The summed E-state index contributed by atoms with van der Waals surface area (Å²) in [6, 6.07) is 5.55. The Morgan fingerprint density at radius 2 is 1.70 bits per heavy atom. The van der Waals surface area contributed by atoms with Crippen molar-refractivity contribution in [2.75, 3.05) is 6.61 Å². The van der Waals surface area contributed by atoms with Gasteiger partial charge in [-0.2, -0.15) is 0 Å². The van der Waals surface area contributed by atoms with E-state index in [-0.39, 0.29) is 17.9 Å². The van der Waals surface area contributed by atoms with Crippen LogP contribution in [0, 0.1) is 12.8 Å². The van der Waals surface area contributed by atoms with Gasteiger partial charge in [-0.3, -0.25) is 14.5 Å². The molecule has 1 heterocycles. The van der Waals surface area contributed by atoms with E-state index in [1.54, 1.807) is 6.07 Å². The van der Waals surface area contributed by atoms with E-state index in [1.165, 1.54) is 17.7 Å². The summed E-state index contributed by atoms with van der Waals surface area (Å²) >= 11 is 0. The van der Waals surface area contributed by atoms with Gasteiger partial charge >= 0.3 is 0 Å². The van der Waals surface area contributed by atoms with Crippen molar-refractivity contribution < 1.29 is 14.3 Å². The number of hydrogen-bond acceptors (Lipinski definition) is 3. The average molecular weight is 313 g/mol. The number of nitrogens with zero attached hydrogens (tertiary/aromatic N) is 1. The monoisotopic (exact) mass is 313 g/mol. The van der Waals surface area contributed by atoms with Crippen LogP contribution in [-0.4, -0.2) is 35.5 Å². The van der Waals surface area contributed by atoms with Gasteiger partial charge in [-0.05, 0) is 63.5 Å². The third-order valence-corrected chi connectivity index (χ3v) is 5.35. The first-order chi connectivity index (χ1) is 11.1. The Hall–Kier alpha value is -1.68. The minimum absolute atomic E-state index is 0.0310. The zero-order chi connectivity index (χ0) is 16.0. The van der Waals surface area contributed by atoms with Gasteiger partial charge in [-0.25, -0.2) is 0 Å². The highest BCUT2D eigenvalue weighted by Crippen LogP contribution is 2.34. The maximum Gasteiger partial charge on any atom is 0.261 e. The molecule has 4 nitrogen and oxygen atoms in total. The molecular weight excluding hydrogens is 290 g/mol. The number of aryl methyl sites for hydroxylation is 1. The van der Waals surface area contributed by atoms with Gasteiger partial charge in [0.25, 0.3) is 11.8 Å². The van der Waals surface area contributed by atoms with Crippen molar-refractivity contribution in [3.8, 4) is 0 Å². The average Bonchev–Trinajstić information content (AvgIpc) is 3.34. The number of hydrogen-bond donors (Lipinski definition) is 0. The molecule has 4 rings (SSSR count). The van der Waals surface area contributed by atoms with E-state index >= 15 is 0 Å². The van der Waals surface area contributed by atoms with Gasteiger partial charge in [-0.15, -0.1) is 0 Å². The molecule has 2 saturated carbocycles. The normalized spacial score (nSPS) is 27.4. The molecule has 3 aliphatic rings. The van der Waals surface area contributed by atoms with Crippen LogP contribution in [0.2, 0.25) is 0 Å². The van der Waals surface area contributed by atoms with Gasteiger partial charge < -0.3 is 4.74 Å². The lowest BCUT2D eigenvalue weighted by molar-refractivity contribution is 0.00492. The number of fused-ring (bicyclic) bond motifs is 1. The van der Waals surface area contributed by atoms with E-state index in [9.17, 15) is 9.59 Å².